The van der Waals surface area contributed by atoms with Crippen molar-refractivity contribution in [3.8, 4) is 0 Å². The SMILES string of the molecule is Cc1ccc(F)cc1C(=O)N1CCC(NC(N)=O)CC1. The lowest BCUT2D eigenvalue weighted by Gasteiger charge is -2.32. The molecular formula is C14H18FN3O2. The van der Waals surface area contributed by atoms with Crippen molar-refractivity contribution in [1.29, 1.82) is 0 Å². The van der Waals surface area contributed by atoms with Crippen molar-refractivity contribution in [2.45, 2.75) is 25.8 Å². The highest BCUT2D eigenvalue weighted by atomic mass is 19.1. The van der Waals surface area contributed by atoms with E-state index in [0.717, 1.165) is 5.56 Å². The molecule has 0 radical (unpaired) electrons. The number of rotatable bonds is 2. The number of hydrogen-bond acceptors (Lipinski definition) is 2. The van der Waals surface area contributed by atoms with Crippen LogP contribution in [0.5, 0.6) is 0 Å². The average Bonchev–Trinajstić information content (AvgIpc) is 2.41. The van der Waals surface area contributed by atoms with Gasteiger partial charge in [0.2, 0.25) is 0 Å². The Hall–Kier alpha value is -2.11. The Labute approximate surface area is 116 Å². The highest BCUT2D eigenvalue weighted by molar-refractivity contribution is 5.95. The van der Waals surface area contributed by atoms with Gasteiger partial charge in [-0.15, -0.1) is 0 Å². The Balaban J connectivity index is 2.01. The molecule has 1 aromatic rings. The summed E-state index contributed by atoms with van der Waals surface area (Å²) in [6, 6.07) is 3.67. The smallest absolute Gasteiger partial charge is 0.312 e. The standard InChI is InChI=1S/C14H18FN3O2/c1-9-2-3-10(15)8-12(9)13(19)18-6-4-11(5-7-18)17-14(16)20/h2-3,8,11H,4-7H2,1H3,(H3,16,17,20). The van der Waals surface area contributed by atoms with E-state index in [1.54, 1.807) is 17.9 Å². The van der Waals surface area contributed by atoms with Gasteiger partial charge in [-0.2, -0.15) is 0 Å². The van der Waals surface area contributed by atoms with Crippen molar-refractivity contribution < 1.29 is 14.0 Å². The summed E-state index contributed by atoms with van der Waals surface area (Å²) >= 11 is 0. The topological polar surface area (TPSA) is 75.4 Å². The highest BCUT2D eigenvalue weighted by Crippen LogP contribution is 2.17. The van der Waals surface area contributed by atoms with Gasteiger partial charge in [0.1, 0.15) is 5.82 Å². The van der Waals surface area contributed by atoms with Gasteiger partial charge in [0.15, 0.2) is 0 Å². The number of amides is 3. The predicted molar refractivity (Wildman–Crippen MR) is 72.8 cm³/mol. The largest absolute Gasteiger partial charge is 0.352 e. The zero-order valence-electron chi connectivity index (χ0n) is 11.4. The third kappa shape index (κ3) is 3.26. The molecule has 1 saturated heterocycles. The van der Waals surface area contributed by atoms with Crippen LogP contribution in [0.4, 0.5) is 9.18 Å². The second-order valence-corrected chi connectivity index (χ2v) is 5.03. The lowest BCUT2D eigenvalue weighted by atomic mass is 10.0. The first kappa shape index (κ1) is 14.3. The van der Waals surface area contributed by atoms with Crippen LogP contribution >= 0.6 is 0 Å². The molecule has 0 unspecified atom stereocenters. The van der Waals surface area contributed by atoms with E-state index >= 15 is 0 Å². The summed E-state index contributed by atoms with van der Waals surface area (Å²) < 4.78 is 13.2. The third-order valence-electron chi connectivity index (χ3n) is 3.56. The van der Waals surface area contributed by atoms with Gasteiger partial charge in [0.25, 0.3) is 5.91 Å². The molecule has 0 saturated carbocycles. The lowest BCUT2D eigenvalue weighted by Crippen LogP contribution is -2.48. The molecule has 2 rings (SSSR count). The number of nitrogens with two attached hydrogens (primary N) is 1. The first-order valence-corrected chi connectivity index (χ1v) is 6.59. The van der Waals surface area contributed by atoms with E-state index in [1.807, 2.05) is 0 Å². The highest BCUT2D eigenvalue weighted by Gasteiger charge is 2.25. The van der Waals surface area contributed by atoms with E-state index in [4.69, 9.17) is 5.73 Å². The van der Waals surface area contributed by atoms with Crippen molar-refractivity contribution in [2.75, 3.05) is 13.1 Å². The Morgan fingerprint density at radius 2 is 2.00 bits per heavy atom. The van der Waals surface area contributed by atoms with Crippen molar-refractivity contribution in [2.24, 2.45) is 5.73 Å². The van der Waals surface area contributed by atoms with Crippen molar-refractivity contribution >= 4 is 11.9 Å². The van der Waals surface area contributed by atoms with Crippen molar-refractivity contribution in [1.82, 2.24) is 10.2 Å². The number of likely N-dealkylation sites (tertiary alicyclic amines) is 1. The minimum absolute atomic E-state index is 0.00477. The number of benzene rings is 1. The van der Waals surface area contributed by atoms with Crippen molar-refractivity contribution in [3.05, 3.63) is 35.1 Å². The lowest BCUT2D eigenvalue weighted by molar-refractivity contribution is 0.0707. The number of primary amides is 1. The molecule has 1 aromatic carbocycles. The van der Waals surface area contributed by atoms with Gasteiger partial charge in [-0.25, -0.2) is 9.18 Å². The Bertz CT molecular complexity index is 525. The monoisotopic (exact) mass is 279 g/mol. The molecule has 3 N–H and O–H groups in total. The van der Waals surface area contributed by atoms with Gasteiger partial charge in [-0.3, -0.25) is 4.79 Å². The first-order chi connectivity index (χ1) is 9.47. The van der Waals surface area contributed by atoms with E-state index in [1.165, 1.54) is 12.1 Å². The zero-order valence-corrected chi connectivity index (χ0v) is 11.4. The number of nitrogens with one attached hydrogen (secondary N) is 1. The number of aryl methyl sites for hydroxylation is 1. The summed E-state index contributed by atoms with van der Waals surface area (Å²) in [4.78, 5) is 24.8. The maximum Gasteiger partial charge on any atom is 0.312 e. The quantitative estimate of drug-likeness (QED) is 0.858. The Morgan fingerprint density at radius 1 is 1.35 bits per heavy atom. The van der Waals surface area contributed by atoms with Gasteiger partial charge < -0.3 is 16.0 Å². The van der Waals surface area contributed by atoms with Crippen LogP contribution in [0.2, 0.25) is 0 Å². The number of carbonyl (C=O) groups excluding carboxylic acids is 2. The second-order valence-electron chi connectivity index (χ2n) is 5.03. The maximum atomic E-state index is 13.2. The molecule has 0 spiro atoms. The minimum Gasteiger partial charge on any atom is -0.352 e. The van der Waals surface area contributed by atoms with Gasteiger partial charge in [-0.05, 0) is 37.5 Å². The molecule has 0 atom stereocenters. The third-order valence-corrected chi connectivity index (χ3v) is 3.56. The fourth-order valence-corrected chi connectivity index (χ4v) is 2.42. The van der Waals surface area contributed by atoms with Gasteiger partial charge in [0.05, 0.1) is 0 Å². The van der Waals surface area contributed by atoms with E-state index < -0.39 is 11.8 Å². The normalized spacial score (nSPS) is 16.0. The van der Waals surface area contributed by atoms with Crippen LogP contribution in [0.25, 0.3) is 0 Å². The molecular weight excluding hydrogens is 261 g/mol. The van der Waals surface area contributed by atoms with E-state index in [-0.39, 0.29) is 11.9 Å². The average molecular weight is 279 g/mol. The molecule has 5 nitrogen and oxygen atoms in total. The summed E-state index contributed by atoms with van der Waals surface area (Å²) in [5.41, 5.74) is 6.23. The zero-order chi connectivity index (χ0) is 14.7. The van der Waals surface area contributed by atoms with Gasteiger partial charge in [-0.1, -0.05) is 6.07 Å². The van der Waals surface area contributed by atoms with Crippen LogP contribution in [0.3, 0.4) is 0 Å². The van der Waals surface area contributed by atoms with E-state index in [2.05, 4.69) is 5.32 Å². The molecule has 108 valence electrons. The minimum atomic E-state index is -0.546. The summed E-state index contributed by atoms with van der Waals surface area (Å²) in [6.07, 6.45) is 1.31. The molecule has 0 aliphatic carbocycles. The number of halogens is 1. The number of nitrogens with zero attached hydrogens (tertiary/aromatic N) is 1. The summed E-state index contributed by atoms with van der Waals surface area (Å²) in [5.74, 6) is -0.580. The molecule has 0 bridgehead atoms. The molecule has 1 aliphatic rings. The predicted octanol–water partition coefficient (Wildman–Crippen LogP) is 1.41. The molecule has 20 heavy (non-hydrogen) atoms. The first-order valence-electron chi connectivity index (χ1n) is 6.59. The summed E-state index contributed by atoms with van der Waals surface area (Å²) in [6.45, 7) is 2.84. The van der Waals surface area contributed by atoms with Crippen LogP contribution in [-0.4, -0.2) is 36.0 Å². The van der Waals surface area contributed by atoms with Crippen LogP contribution < -0.4 is 11.1 Å². The van der Waals surface area contributed by atoms with E-state index in [0.29, 0.717) is 31.5 Å². The van der Waals surface area contributed by atoms with Crippen LogP contribution in [-0.2, 0) is 0 Å². The Morgan fingerprint density at radius 3 is 2.60 bits per heavy atom. The van der Waals surface area contributed by atoms with Crippen LogP contribution in [0.15, 0.2) is 18.2 Å². The molecule has 0 aromatic heterocycles. The van der Waals surface area contributed by atoms with Gasteiger partial charge >= 0.3 is 6.03 Å². The number of carbonyl (C=O) groups is 2. The number of urea groups is 1. The molecule has 1 fully saturated rings. The maximum absolute atomic E-state index is 13.2. The fraction of sp³-hybridized carbons (Fsp3) is 0.429. The van der Waals surface area contributed by atoms with E-state index in [9.17, 15) is 14.0 Å². The van der Waals surface area contributed by atoms with Gasteiger partial charge in [0, 0.05) is 24.7 Å². The molecule has 1 aliphatic heterocycles. The summed E-state index contributed by atoms with van der Waals surface area (Å²) in [7, 11) is 0. The summed E-state index contributed by atoms with van der Waals surface area (Å²) in [5, 5.41) is 2.64. The number of hydrogen-bond donors (Lipinski definition) is 2. The van der Waals surface area contributed by atoms with Crippen molar-refractivity contribution in [3.63, 3.8) is 0 Å². The molecule has 3 amide bonds. The molecule has 1 heterocycles. The molecule has 6 heteroatoms. The second kappa shape index (κ2) is 5.90. The number of piperidine rings is 1. The van der Waals surface area contributed by atoms with Crippen LogP contribution in [0.1, 0.15) is 28.8 Å². The Kier molecular flexibility index (Phi) is 4.22. The fourth-order valence-electron chi connectivity index (χ4n) is 2.42. The van der Waals surface area contributed by atoms with Crippen LogP contribution in [0, 0.1) is 12.7 Å².